The summed E-state index contributed by atoms with van der Waals surface area (Å²) in [7, 11) is 0. The molecule has 0 radical (unpaired) electrons. The highest BCUT2D eigenvalue weighted by Crippen LogP contribution is 2.18. The molecule has 0 aliphatic carbocycles. The van der Waals surface area contributed by atoms with Crippen LogP contribution in [0.3, 0.4) is 0 Å². The van der Waals surface area contributed by atoms with Crippen LogP contribution in [0, 0.1) is 11.8 Å². The molecule has 0 rings (SSSR count). The van der Waals surface area contributed by atoms with Crippen LogP contribution in [0.1, 0.15) is 26.7 Å². The van der Waals surface area contributed by atoms with Crippen LogP contribution < -0.4 is 0 Å². The van der Waals surface area contributed by atoms with Gasteiger partial charge in [0.2, 0.25) is 0 Å². The molecule has 0 saturated carbocycles. The van der Waals surface area contributed by atoms with Crippen molar-refractivity contribution in [2.45, 2.75) is 32.8 Å². The van der Waals surface area contributed by atoms with Crippen molar-refractivity contribution in [1.29, 1.82) is 0 Å². The van der Waals surface area contributed by atoms with Gasteiger partial charge in [0, 0.05) is 0 Å². The molecule has 0 spiro atoms. The number of carboxylic acid groups (broad SMARTS) is 2. The van der Waals surface area contributed by atoms with Gasteiger partial charge in [0.25, 0.3) is 0 Å². The Balaban J connectivity index is 4.16. The van der Waals surface area contributed by atoms with E-state index in [9.17, 15) is 14.7 Å². The fourth-order valence-corrected chi connectivity index (χ4v) is 1.24. The zero-order chi connectivity index (χ0) is 11.3. The maximum Gasteiger partial charge on any atom is 0.306 e. The fourth-order valence-electron chi connectivity index (χ4n) is 1.24. The molecule has 0 aliphatic rings. The molecule has 0 bridgehead atoms. The second kappa shape index (κ2) is 5.59. The smallest absolute Gasteiger partial charge is 0.306 e. The van der Waals surface area contributed by atoms with Crippen molar-refractivity contribution >= 4 is 11.9 Å². The van der Waals surface area contributed by atoms with Gasteiger partial charge in [0.15, 0.2) is 0 Å². The van der Waals surface area contributed by atoms with E-state index in [1.54, 1.807) is 13.8 Å². The summed E-state index contributed by atoms with van der Waals surface area (Å²) in [5, 5.41) is 26.4. The third kappa shape index (κ3) is 4.81. The summed E-state index contributed by atoms with van der Waals surface area (Å²) in [5.74, 6) is -2.92. The van der Waals surface area contributed by atoms with Gasteiger partial charge in [-0.1, -0.05) is 13.8 Å². The molecule has 0 aromatic carbocycles. The lowest BCUT2D eigenvalue weighted by atomic mass is 9.89. The summed E-state index contributed by atoms with van der Waals surface area (Å²) >= 11 is 0. The number of aliphatic hydroxyl groups is 1. The Labute approximate surface area is 82.4 Å². The van der Waals surface area contributed by atoms with Crippen LogP contribution >= 0.6 is 0 Å². The highest BCUT2D eigenvalue weighted by atomic mass is 16.4. The zero-order valence-corrected chi connectivity index (χ0v) is 8.30. The lowest BCUT2D eigenvalue weighted by Gasteiger charge is -2.18. The monoisotopic (exact) mass is 204 g/mol. The maximum atomic E-state index is 10.7. The summed E-state index contributed by atoms with van der Waals surface area (Å²) in [5.41, 5.74) is 0. The van der Waals surface area contributed by atoms with Crippen molar-refractivity contribution in [3.8, 4) is 0 Å². The van der Waals surface area contributed by atoms with E-state index in [0.29, 0.717) is 0 Å². The molecule has 82 valence electrons. The summed E-state index contributed by atoms with van der Waals surface area (Å²) in [4.78, 5) is 20.9. The van der Waals surface area contributed by atoms with Crippen LogP contribution in [-0.2, 0) is 9.59 Å². The minimum atomic E-state index is -1.12. The first-order valence-corrected chi connectivity index (χ1v) is 4.47. The summed E-state index contributed by atoms with van der Waals surface area (Å²) in [6, 6.07) is 0. The SMILES string of the molecule is CC(C)C(CC(O)CC(=O)O)C(=O)O. The third-order valence-electron chi connectivity index (χ3n) is 2.06. The van der Waals surface area contributed by atoms with Crippen LogP contribution in [0.4, 0.5) is 0 Å². The predicted octanol–water partition coefficient (Wildman–Crippen LogP) is 0.569. The molecule has 0 aromatic heterocycles. The molecule has 0 amide bonds. The zero-order valence-electron chi connectivity index (χ0n) is 8.30. The van der Waals surface area contributed by atoms with E-state index in [1.165, 1.54) is 0 Å². The van der Waals surface area contributed by atoms with E-state index in [-0.39, 0.29) is 12.3 Å². The molecular weight excluding hydrogens is 188 g/mol. The van der Waals surface area contributed by atoms with E-state index in [0.717, 1.165) is 0 Å². The van der Waals surface area contributed by atoms with Gasteiger partial charge in [-0.2, -0.15) is 0 Å². The number of aliphatic carboxylic acids is 2. The van der Waals surface area contributed by atoms with Crippen LogP contribution in [0.2, 0.25) is 0 Å². The molecule has 3 N–H and O–H groups in total. The Kier molecular flexibility index (Phi) is 5.15. The summed E-state index contributed by atoms with van der Waals surface area (Å²) in [6.45, 7) is 3.46. The van der Waals surface area contributed by atoms with Crippen molar-refractivity contribution in [1.82, 2.24) is 0 Å². The van der Waals surface area contributed by atoms with E-state index < -0.39 is 30.4 Å². The average molecular weight is 204 g/mol. The molecule has 0 heterocycles. The number of aliphatic hydroxyl groups excluding tert-OH is 1. The van der Waals surface area contributed by atoms with Gasteiger partial charge in [-0.3, -0.25) is 9.59 Å². The topological polar surface area (TPSA) is 94.8 Å². The molecule has 5 nitrogen and oxygen atoms in total. The molecule has 14 heavy (non-hydrogen) atoms. The summed E-state index contributed by atoms with van der Waals surface area (Å²) < 4.78 is 0. The number of carboxylic acids is 2. The van der Waals surface area contributed by atoms with Crippen LogP contribution in [0.15, 0.2) is 0 Å². The van der Waals surface area contributed by atoms with Crippen molar-refractivity contribution in [2.24, 2.45) is 11.8 Å². The minimum Gasteiger partial charge on any atom is -0.481 e. The second-order valence-corrected chi connectivity index (χ2v) is 3.68. The highest BCUT2D eigenvalue weighted by molar-refractivity contribution is 5.71. The number of hydrogen-bond acceptors (Lipinski definition) is 3. The van der Waals surface area contributed by atoms with Gasteiger partial charge in [-0.05, 0) is 12.3 Å². The largest absolute Gasteiger partial charge is 0.481 e. The first kappa shape index (κ1) is 12.9. The van der Waals surface area contributed by atoms with E-state index in [2.05, 4.69) is 0 Å². The van der Waals surface area contributed by atoms with Gasteiger partial charge < -0.3 is 15.3 Å². The van der Waals surface area contributed by atoms with Crippen molar-refractivity contribution in [3.05, 3.63) is 0 Å². The first-order valence-electron chi connectivity index (χ1n) is 4.47. The van der Waals surface area contributed by atoms with E-state index in [4.69, 9.17) is 10.2 Å². The average Bonchev–Trinajstić information content (AvgIpc) is 1.97. The highest BCUT2D eigenvalue weighted by Gasteiger charge is 2.25. The molecule has 5 heteroatoms. The maximum absolute atomic E-state index is 10.7. The Morgan fingerprint density at radius 1 is 1.21 bits per heavy atom. The Bertz CT molecular complexity index is 211. The predicted molar refractivity (Wildman–Crippen MR) is 48.8 cm³/mol. The Morgan fingerprint density at radius 3 is 2.00 bits per heavy atom. The van der Waals surface area contributed by atoms with Gasteiger partial charge in [0.1, 0.15) is 0 Å². The lowest BCUT2D eigenvalue weighted by molar-refractivity contribution is -0.146. The molecule has 0 aliphatic heterocycles. The Morgan fingerprint density at radius 2 is 1.71 bits per heavy atom. The van der Waals surface area contributed by atoms with Crippen LogP contribution in [0.5, 0.6) is 0 Å². The molecule has 2 atom stereocenters. The van der Waals surface area contributed by atoms with E-state index in [1.807, 2.05) is 0 Å². The molecule has 2 unspecified atom stereocenters. The lowest BCUT2D eigenvalue weighted by Crippen LogP contribution is -2.26. The number of hydrogen-bond donors (Lipinski definition) is 3. The van der Waals surface area contributed by atoms with Crippen molar-refractivity contribution in [2.75, 3.05) is 0 Å². The molecule has 0 saturated heterocycles. The van der Waals surface area contributed by atoms with E-state index >= 15 is 0 Å². The Hall–Kier alpha value is -1.10. The number of carbonyl (C=O) groups is 2. The van der Waals surface area contributed by atoms with Crippen molar-refractivity contribution < 1.29 is 24.9 Å². The molecular formula is C9H16O5. The van der Waals surface area contributed by atoms with Gasteiger partial charge in [-0.15, -0.1) is 0 Å². The molecule has 0 aromatic rings. The van der Waals surface area contributed by atoms with Crippen LogP contribution in [-0.4, -0.2) is 33.4 Å². The molecule has 0 fully saturated rings. The quantitative estimate of drug-likeness (QED) is 0.588. The number of rotatable bonds is 6. The normalized spacial score (nSPS) is 15.1. The van der Waals surface area contributed by atoms with Crippen molar-refractivity contribution in [3.63, 3.8) is 0 Å². The fraction of sp³-hybridized carbons (Fsp3) is 0.778. The third-order valence-corrected chi connectivity index (χ3v) is 2.06. The van der Waals surface area contributed by atoms with Crippen LogP contribution in [0.25, 0.3) is 0 Å². The second-order valence-electron chi connectivity index (χ2n) is 3.68. The van der Waals surface area contributed by atoms with Gasteiger partial charge >= 0.3 is 11.9 Å². The van der Waals surface area contributed by atoms with Gasteiger partial charge in [-0.25, -0.2) is 0 Å². The van der Waals surface area contributed by atoms with Gasteiger partial charge in [0.05, 0.1) is 18.4 Å². The summed E-state index contributed by atoms with van der Waals surface area (Å²) in [6.07, 6.45) is -1.51. The minimum absolute atomic E-state index is 0.0146. The first-order chi connectivity index (χ1) is 6.34. The standard InChI is InChI=1S/C9H16O5/c1-5(2)7(9(13)14)3-6(10)4-8(11)12/h5-7,10H,3-4H2,1-2H3,(H,11,12)(H,13,14).